The van der Waals surface area contributed by atoms with Crippen LogP contribution in [0.3, 0.4) is 0 Å². The smallest absolute Gasteiger partial charge is 0.353 e. The summed E-state index contributed by atoms with van der Waals surface area (Å²) in [5, 5.41) is 0. The highest BCUT2D eigenvalue weighted by molar-refractivity contribution is 7.87. The maximum Gasteiger partial charge on any atom is 0.534 e. The van der Waals surface area contributed by atoms with Crippen molar-refractivity contribution >= 4 is 10.1 Å². The first kappa shape index (κ1) is 14.7. The van der Waals surface area contributed by atoms with Gasteiger partial charge in [0, 0.05) is 17.8 Å². The number of aromatic nitrogens is 2. The molecule has 1 aromatic heterocycles. The van der Waals surface area contributed by atoms with Crippen molar-refractivity contribution in [2.45, 2.75) is 31.7 Å². The van der Waals surface area contributed by atoms with Gasteiger partial charge in [0.25, 0.3) is 5.88 Å². The van der Waals surface area contributed by atoms with Gasteiger partial charge in [0.05, 0.1) is 0 Å². The lowest BCUT2D eigenvalue weighted by Crippen LogP contribution is -2.29. The Morgan fingerprint density at radius 3 is 2.06 bits per heavy atom. The average molecular weight is 284 g/mol. The molecule has 9 heteroatoms. The van der Waals surface area contributed by atoms with E-state index in [1.165, 1.54) is 6.20 Å². The Hall–Kier alpha value is -1.38. The van der Waals surface area contributed by atoms with Crippen molar-refractivity contribution in [1.82, 2.24) is 9.97 Å². The maximum absolute atomic E-state index is 12.2. The fourth-order valence-corrected chi connectivity index (χ4v) is 1.48. The zero-order valence-corrected chi connectivity index (χ0v) is 10.6. The average Bonchev–Trinajstić information content (AvgIpc) is 2.14. The van der Waals surface area contributed by atoms with Gasteiger partial charge in [-0.15, -0.1) is 0 Å². The molecule has 0 unspecified atom stereocenters. The van der Waals surface area contributed by atoms with Crippen LogP contribution in [0.1, 0.15) is 26.5 Å². The Morgan fingerprint density at radius 1 is 1.11 bits per heavy atom. The van der Waals surface area contributed by atoms with Gasteiger partial charge in [0.2, 0.25) is 0 Å². The van der Waals surface area contributed by atoms with Crippen molar-refractivity contribution in [3.05, 3.63) is 18.1 Å². The van der Waals surface area contributed by atoms with Crippen molar-refractivity contribution in [3.63, 3.8) is 0 Å². The van der Waals surface area contributed by atoms with Gasteiger partial charge in [0.15, 0.2) is 0 Å². The molecule has 0 radical (unpaired) electrons. The molecule has 18 heavy (non-hydrogen) atoms. The van der Waals surface area contributed by atoms with Gasteiger partial charge >= 0.3 is 15.6 Å². The Balaban J connectivity index is 3.22. The third-order valence-corrected chi connectivity index (χ3v) is 2.79. The highest BCUT2D eigenvalue weighted by Gasteiger charge is 2.49. The third kappa shape index (κ3) is 3.09. The molecule has 0 bridgehead atoms. The Kier molecular flexibility index (Phi) is 3.57. The minimum Gasteiger partial charge on any atom is -0.353 e. The van der Waals surface area contributed by atoms with Crippen LogP contribution >= 0.6 is 0 Å². The molecule has 102 valence electrons. The number of rotatable bonds is 2. The van der Waals surface area contributed by atoms with E-state index in [2.05, 4.69) is 14.2 Å². The molecule has 1 aromatic rings. The van der Waals surface area contributed by atoms with Gasteiger partial charge in [-0.2, -0.15) is 21.6 Å². The summed E-state index contributed by atoms with van der Waals surface area (Å²) in [6, 6.07) is 0. The van der Waals surface area contributed by atoms with E-state index in [0.717, 1.165) is 6.20 Å². The Labute approximate surface area is 102 Å². The van der Waals surface area contributed by atoms with Crippen LogP contribution in [0.4, 0.5) is 13.2 Å². The van der Waals surface area contributed by atoms with Gasteiger partial charge in [-0.1, -0.05) is 20.8 Å². The summed E-state index contributed by atoms with van der Waals surface area (Å²) in [7, 11) is -5.74. The fourth-order valence-electron chi connectivity index (χ4n) is 1.05. The number of hydrogen-bond donors (Lipinski definition) is 0. The molecule has 0 aliphatic heterocycles. The first-order valence-corrected chi connectivity index (χ1v) is 6.18. The molecule has 0 saturated heterocycles. The summed E-state index contributed by atoms with van der Waals surface area (Å²) in [5.41, 5.74) is -6.18. The van der Waals surface area contributed by atoms with Crippen molar-refractivity contribution in [2.75, 3.05) is 0 Å². The molecule has 0 saturated carbocycles. The van der Waals surface area contributed by atoms with Crippen LogP contribution in [0.2, 0.25) is 0 Å². The monoisotopic (exact) mass is 284 g/mol. The quantitative estimate of drug-likeness (QED) is 0.613. The molecule has 0 atom stereocenters. The fraction of sp³-hybridized carbons (Fsp3) is 0.556. The van der Waals surface area contributed by atoms with Gasteiger partial charge in [-0.05, 0) is 0 Å². The largest absolute Gasteiger partial charge is 0.534 e. The van der Waals surface area contributed by atoms with E-state index >= 15 is 0 Å². The summed E-state index contributed by atoms with van der Waals surface area (Å²) in [5.74, 6) is -0.665. The Morgan fingerprint density at radius 2 is 1.61 bits per heavy atom. The highest BCUT2D eigenvalue weighted by atomic mass is 32.2. The summed E-state index contributed by atoms with van der Waals surface area (Å²) in [6.45, 7) is 4.93. The lowest BCUT2D eigenvalue weighted by molar-refractivity contribution is -0.0502. The maximum atomic E-state index is 12.2. The molecule has 0 aliphatic rings. The molecule has 0 N–H and O–H groups in total. The molecule has 5 nitrogen and oxygen atoms in total. The van der Waals surface area contributed by atoms with Gasteiger partial charge in [-0.3, -0.25) is 4.98 Å². The van der Waals surface area contributed by atoms with E-state index in [1.54, 1.807) is 20.8 Å². The summed E-state index contributed by atoms with van der Waals surface area (Å²) >= 11 is 0. The molecular formula is C9H11F3N2O3S. The van der Waals surface area contributed by atoms with Crippen LogP contribution in [-0.2, 0) is 15.5 Å². The van der Waals surface area contributed by atoms with Crippen LogP contribution in [0.15, 0.2) is 12.4 Å². The summed E-state index contributed by atoms with van der Waals surface area (Å²) < 4.78 is 62.3. The first-order chi connectivity index (χ1) is 7.95. The molecular weight excluding hydrogens is 273 g/mol. The minimum absolute atomic E-state index is 0.0258. The van der Waals surface area contributed by atoms with Gasteiger partial charge in [-0.25, -0.2) is 4.98 Å². The second-order valence-corrected chi connectivity index (χ2v) is 5.98. The lowest BCUT2D eigenvalue weighted by atomic mass is 9.92. The molecule has 0 fully saturated rings. The van der Waals surface area contributed by atoms with Crippen LogP contribution in [0.25, 0.3) is 0 Å². The second kappa shape index (κ2) is 4.38. The van der Waals surface area contributed by atoms with E-state index in [4.69, 9.17) is 0 Å². The number of alkyl halides is 3. The van der Waals surface area contributed by atoms with Crippen molar-refractivity contribution < 1.29 is 25.8 Å². The Bertz CT molecular complexity index is 535. The van der Waals surface area contributed by atoms with Crippen LogP contribution in [0, 0.1) is 0 Å². The van der Waals surface area contributed by atoms with E-state index in [1.807, 2.05) is 0 Å². The topological polar surface area (TPSA) is 69.2 Å². The second-order valence-electron chi connectivity index (χ2n) is 4.44. The summed E-state index contributed by atoms with van der Waals surface area (Å²) in [4.78, 5) is 7.28. The van der Waals surface area contributed by atoms with Crippen molar-refractivity contribution in [1.29, 1.82) is 0 Å². The van der Waals surface area contributed by atoms with Crippen LogP contribution < -0.4 is 4.18 Å². The van der Waals surface area contributed by atoms with E-state index < -0.39 is 26.9 Å². The molecule has 1 heterocycles. The minimum atomic E-state index is -5.74. The van der Waals surface area contributed by atoms with Crippen molar-refractivity contribution in [2.24, 2.45) is 0 Å². The van der Waals surface area contributed by atoms with E-state index in [-0.39, 0.29) is 5.69 Å². The molecule has 1 rings (SSSR count). The zero-order valence-electron chi connectivity index (χ0n) is 9.82. The molecule has 0 spiro atoms. The molecule has 0 amide bonds. The molecule has 0 aromatic carbocycles. The third-order valence-electron chi connectivity index (χ3n) is 1.85. The standard InChI is InChI=1S/C9H11F3N2O3S/c1-8(2,3)6-7(14-5-4-13-6)17-18(15,16)9(10,11)12/h4-5H,1-3H3. The highest BCUT2D eigenvalue weighted by Crippen LogP contribution is 2.31. The van der Waals surface area contributed by atoms with Crippen molar-refractivity contribution in [3.8, 4) is 5.88 Å². The van der Waals surface area contributed by atoms with Crippen LogP contribution in [-0.4, -0.2) is 23.9 Å². The van der Waals surface area contributed by atoms with E-state index in [0.29, 0.717) is 0 Å². The number of halogens is 3. The number of nitrogens with zero attached hydrogens (tertiary/aromatic N) is 2. The summed E-state index contributed by atoms with van der Waals surface area (Å²) in [6.07, 6.45) is 2.30. The van der Waals surface area contributed by atoms with Gasteiger partial charge in [0.1, 0.15) is 5.69 Å². The normalized spacial score (nSPS) is 13.4. The van der Waals surface area contributed by atoms with Crippen LogP contribution in [0.5, 0.6) is 5.88 Å². The molecule has 0 aliphatic carbocycles. The predicted molar refractivity (Wildman–Crippen MR) is 56.3 cm³/mol. The van der Waals surface area contributed by atoms with Gasteiger partial charge < -0.3 is 4.18 Å². The van der Waals surface area contributed by atoms with E-state index in [9.17, 15) is 21.6 Å². The first-order valence-electron chi connectivity index (χ1n) is 4.77. The lowest BCUT2D eigenvalue weighted by Gasteiger charge is -2.19. The SMILES string of the molecule is CC(C)(C)c1nccnc1OS(=O)(=O)C(F)(F)F. The number of hydrogen-bond acceptors (Lipinski definition) is 5. The zero-order chi connectivity index (χ0) is 14.2. The predicted octanol–water partition coefficient (Wildman–Crippen LogP) is 2.00.